The molecular formula is C22H35N5O2. The second kappa shape index (κ2) is 10.9. The molecule has 1 aliphatic carbocycles. The van der Waals surface area contributed by atoms with Crippen LogP contribution in [0.25, 0.3) is 0 Å². The predicted molar refractivity (Wildman–Crippen MR) is 117 cm³/mol. The first kappa shape index (κ1) is 21.3. The van der Waals surface area contributed by atoms with Crippen molar-refractivity contribution in [1.82, 2.24) is 16.0 Å². The van der Waals surface area contributed by atoms with Crippen LogP contribution in [0.3, 0.4) is 0 Å². The highest BCUT2D eigenvalue weighted by Crippen LogP contribution is 2.32. The van der Waals surface area contributed by atoms with Gasteiger partial charge >= 0.3 is 6.09 Å². The van der Waals surface area contributed by atoms with Crippen molar-refractivity contribution in [2.24, 2.45) is 10.9 Å². The molecule has 3 rings (SSSR count). The summed E-state index contributed by atoms with van der Waals surface area (Å²) in [4.78, 5) is 19.0. The number of carbonyl (C=O) groups is 1. The first-order chi connectivity index (χ1) is 14.2. The Balaban J connectivity index is 1.57. The highest BCUT2D eigenvalue weighted by Gasteiger charge is 2.32. The number of piperidine rings is 1. The summed E-state index contributed by atoms with van der Waals surface area (Å²) in [6.07, 6.45) is 4.22. The Kier molecular flexibility index (Phi) is 8.02. The molecule has 0 aromatic heterocycles. The van der Waals surface area contributed by atoms with E-state index in [1.807, 2.05) is 6.92 Å². The van der Waals surface area contributed by atoms with Gasteiger partial charge in [-0.2, -0.15) is 0 Å². The summed E-state index contributed by atoms with van der Waals surface area (Å²) in [7, 11) is 0. The molecule has 7 nitrogen and oxygen atoms in total. The number of aliphatic imine (C=N–C) groups is 1. The lowest BCUT2D eigenvalue weighted by atomic mass is 10.0. The maximum Gasteiger partial charge on any atom is 0.407 e. The molecule has 0 radical (unpaired) electrons. The molecule has 160 valence electrons. The summed E-state index contributed by atoms with van der Waals surface area (Å²) in [5.41, 5.74) is 1.27. The predicted octanol–water partition coefficient (Wildman–Crippen LogP) is 2.74. The Hall–Kier alpha value is -2.44. The van der Waals surface area contributed by atoms with Gasteiger partial charge in [-0.05, 0) is 57.6 Å². The molecule has 1 saturated heterocycles. The van der Waals surface area contributed by atoms with Gasteiger partial charge in [0.1, 0.15) is 0 Å². The number of ether oxygens (including phenoxy) is 1. The van der Waals surface area contributed by atoms with Gasteiger partial charge in [-0.3, -0.25) is 4.99 Å². The number of carbonyl (C=O) groups excluding carboxylic acids is 1. The van der Waals surface area contributed by atoms with Crippen LogP contribution in [0.2, 0.25) is 0 Å². The number of hydrogen-bond acceptors (Lipinski definition) is 4. The van der Waals surface area contributed by atoms with E-state index >= 15 is 0 Å². The summed E-state index contributed by atoms with van der Waals surface area (Å²) in [5.74, 6) is 1.33. The molecule has 0 spiro atoms. The van der Waals surface area contributed by atoms with E-state index in [0.717, 1.165) is 51.3 Å². The molecule has 3 N–H and O–H groups in total. The molecule has 7 heteroatoms. The third kappa shape index (κ3) is 6.84. The van der Waals surface area contributed by atoms with Crippen LogP contribution in [0.15, 0.2) is 35.3 Å². The molecule has 2 aliphatic rings. The lowest BCUT2D eigenvalue weighted by molar-refractivity contribution is 0.147. The van der Waals surface area contributed by atoms with Crippen molar-refractivity contribution in [2.75, 3.05) is 37.7 Å². The first-order valence-corrected chi connectivity index (χ1v) is 11.0. The zero-order valence-corrected chi connectivity index (χ0v) is 17.7. The van der Waals surface area contributed by atoms with Gasteiger partial charge in [0.2, 0.25) is 0 Å². The average molecular weight is 402 g/mol. The number of nitrogens with one attached hydrogen (secondary N) is 3. The largest absolute Gasteiger partial charge is 0.450 e. The fourth-order valence-corrected chi connectivity index (χ4v) is 3.81. The molecule has 1 saturated carbocycles. The number of benzene rings is 1. The number of anilines is 1. The van der Waals surface area contributed by atoms with Crippen molar-refractivity contribution < 1.29 is 9.53 Å². The maximum absolute atomic E-state index is 11.8. The van der Waals surface area contributed by atoms with E-state index in [2.05, 4.69) is 58.1 Å². The number of rotatable bonds is 8. The van der Waals surface area contributed by atoms with E-state index in [1.54, 1.807) is 0 Å². The first-order valence-electron chi connectivity index (χ1n) is 11.0. The number of para-hydroxylation sites is 1. The van der Waals surface area contributed by atoms with Gasteiger partial charge in [0.05, 0.1) is 19.2 Å². The third-order valence-corrected chi connectivity index (χ3v) is 5.44. The van der Waals surface area contributed by atoms with Crippen molar-refractivity contribution in [3.63, 3.8) is 0 Å². The average Bonchev–Trinajstić information content (AvgIpc) is 3.57. The molecule has 2 atom stereocenters. The van der Waals surface area contributed by atoms with Gasteiger partial charge in [-0.25, -0.2) is 4.79 Å². The molecule has 1 heterocycles. The summed E-state index contributed by atoms with van der Waals surface area (Å²) in [5, 5.41) is 9.93. The van der Waals surface area contributed by atoms with Crippen molar-refractivity contribution in [3.05, 3.63) is 30.3 Å². The second-order valence-corrected chi connectivity index (χ2v) is 7.79. The Bertz CT molecular complexity index is 662. The minimum absolute atomic E-state index is 0.0386. The van der Waals surface area contributed by atoms with E-state index < -0.39 is 0 Å². The van der Waals surface area contributed by atoms with Gasteiger partial charge in [-0.1, -0.05) is 18.2 Å². The van der Waals surface area contributed by atoms with E-state index in [0.29, 0.717) is 25.1 Å². The highest BCUT2D eigenvalue weighted by atomic mass is 16.5. The Labute approximate surface area is 174 Å². The monoisotopic (exact) mass is 401 g/mol. The van der Waals surface area contributed by atoms with Gasteiger partial charge in [0.25, 0.3) is 0 Å². The van der Waals surface area contributed by atoms with Crippen LogP contribution in [0.5, 0.6) is 0 Å². The second-order valence-electron chi connectivity index (χ2n) is 7.79. The lowest BCUT2D eigenvalue weighted by Crippen LogP contribution is -2.51. The lowest BCUT2D eigenvalue weighted by Gasteiger charge is -2.35. The zero-order valence-electron chi connectivity index (χ0n) is 17.7. The minimum Gasteiger partial charge on any atom is -0.450 e. The summed E-state index contributed by atoms with van der Waals surface area (Å²) < 4.78 is 5.04. The van der Waals surface area contributed by atoms with Crippen LogP contribution in [0, 0.1) is 5.92 Å². The van der Waals surface area contributed by atoms with Crippen LogP contribution < -0.4 is 20.9 Å². The van der Waals surface area contributed by atoms with Crippen molar-refractivity contribution in [2.45, 2.75) is 51.6 Å². The van der Waals surface area contributed by atoms with Gasteiger partial charge in [-0.15, -0.1) is 0 Å². The Morgan fingerprint density at radius 3 is 2.72 bits per heavy atom. The maximum atomic E-state index is 11.8. The molecule has 1 aliphatic heterocycles. The van der Waals surface area contributed by atoms with Crippen molar-refractivity contribution in [3.8, 4) is 0 Å². The fraction of sp³-hybridized carbons (Fsp3) is 0.636. The van der Waals surface area contributed by atoms with Crippen LogP contribution in [-0.2, 0) is 4.74 Å². The summed E-state index contributed by atoms with van der Waals surface area (Å²) >= 11 is 0. The van der Waals surface area contributed by atoms with Crippen LogP contribution in [-0.4, -0.2) is 56.9 Å². The zero-order chi connectivity index (χ0) is 20.5. The van der Waals surface area contributed by atoms with Gasteiger partial charge in [0, 0.05) is 31.4 Å². The number of hydrogen-bond donors (Lipinski definition) is 3. The molecule has 29 heavy (non-hydrogen) atoms. The summed E-state index contributed by atoms with van der Waals surface area (Å²) in [6, 6.07) is 11.0. The number of guanidine groups is 1. The molecule has 2 fully saturated rings. The van der Waals surface area contributed by atoms with Gasteiger partial charge < -0.3 is 25.6 Å². The number of amides is 1. The number of alkyl carbamates (subject to hydrolysis) is 1. The van der Waals surface area contributed by atoms with E-state index in [1.165, 1.54) is 5.69 Å². The van der Waals surface area contributed by atoms with E-state index in [9.17, 15) is 4.79 Å². The molecule has 0 bridgehead atoms. The normalized spacial score (nSPS) is 20.7. The third-order valence-electron chi connectivity index (χ3n) is 5.44. The molecule has 1 aromatic rings. The van der Waals surface area contributed by atoms with Crippen LogP contribution in [0.4, 0.5) is 10.5 Å². The molecule has 1 amide bonds. The minimum atomic E-state index is -0.344. The summed E-state index contributed by atoms with van der Waals surface area (Å²) in [6.45, 7) is 7.69. The SMILES string of the molecule is CCNC(=NCC(NC(=O)OCC)C1CC1)NC1CCCN(c2ccccc2)C1. The van der Waals surface area contributed by atoms with E-state index in [-0.39, 0.29) is 12.1 Å². The standard InChI is InChI=1S/C22H35N5O2/c1-3-23-21(24-15-20(17-12-13-17)26-22(28)29-4-2)25-18-9-8-14-27(16-18)19-10-6-5-7-11-19/h5-7,10-11,17-18,20H,3-4,8-9,12-16H2,1-2H3,(H,26,28)(H2,23,24,25). The van der Waals surface area contributed by atoms with E-state index in [4.69, 9.17) is 9.73 Å². The smallest absolute Gasteiger partial charge is 0.407 e. The quantitative estimate of drug-likeness (QED) is 0.461. The topological polar surface area (TPSA) is 78.0 Å². The molecule has 1 aromatic carbocycles. The van der Waals surface area contributed by atoms with Crippen molar-refractivity contribution >= 4 is 17.7 Å². The fourth-order valence-electron chi connectivity index (χ4n) is 3.81. The van der Waals surface area contributed by atoms with Crippen LogP contribution in [0.1, 0.15) is 39.5 Å². The van der Waals surface area contributed by atoms with Crippen molar-refractivity contribution in [1.29, 1.82) is 0 Å². The highest BCUT2D eigenvalue weighted by molar-refractivity contribution is 5.80. The Morgan fingerprint density at radius 1 is 1.24 bits per heavy atom. The Morgan fingerprint density at radius 2 is 2.03 bits per heavy atom. The number of nitrogens with zero attached hydrogens (tertiary/aromatic N) is 2. The molecular weight excluding hydrogens is 366 g/mol. The van der Waals surface area contributed by atoms with Gasteiger partial charge in [0.15, 0.2) is 5.96 Å². The van der Waals surface area contributed by atoms with Crippen LogP contribution >= 0.6 is 0 Å². The molecule has 2 unspecified atom stereocenters.